The number of hydrogen-bond acceptors (Lipinski definition) is 6. The second-order valence-electron chi connectivity index (χ2n) is 4.48. The van der Waals surface area contributed by atoms with E-state index in [1.165, 1.54) is 0 Å². The number of benzene rings is 1. The Morgan fingerprint density at radius 3 is 3.05 bits per heavy atom. The molecule has 0 aliphatic heterocycles. The van der Waals surface area contributed by atoms with Gasteiger partial charge in [0.15, 0.2) is 5.82 Å². The molecule has 2 aromatic rings. The molecule has 1 aromatic heterocycles. The number of nitrogens with one attached hydrogen (secondary N) is 1. The summed E-state index contributed by atoms with van der Waals surface area (Å²) < 4.78 is 12.2. The molecule has 2 rings (SSSR count). The van der Waals surface area contributed by atoms with E-state index in [2.05, 4.69) is 20.8 Å². The maximum Gasteiger partial charge on any atom is 0.251 e. The lowest BCUT2D eigenvalue weighted by Crippen LogP contribution is -2.26. The van der Waals surface area contributed by atoms with E-state index in [9.17, 15) is 4.79 Å². The zero-order valence-electron chi connectivity index (χ0n) is 12.7. The quantitative estimate of drug-likeness (QED) is 0.720. The summed E-state index contributed by atoms with van der Waals surface area (Å²) in [5.41, 5.74) is 0.531. The van der Waals surface area contributed by atoms with E-state index in [1.807, 2.05) is 6.92 Å². The number of hydrogen-bond donors (Lipinski definition) is 1. The van der Waals surface area contributed by atoms with Gasteiger partial charge >= 0.3 is 0 Å². The smallest absolute Gasteiger partial charge is 0.251 e. The Hall–Kier alpha value is -2.48. The van der Waals surface area contributed by atoms with Gasteiger partial charge in [-0.2, -0.15) is 0 Å². The van der Waals surface area contributed by atoms with Gasteiger partial charge in [-0.1, -0.05) is 6.07 Å². The minimum atomic E-state index is -0.166. The highest BCUT2D eigenvalue weighted by Crippen LogP contribution is 2.14. The van der Waals surface area contributed by atoms with E-state index in [1.54, 1.807) is 36.1 Å². The predicted octanol–water partition coefficient (Wildman–Crippen LogP) is 0.648. The van der Waals surface area contributed by atoms with Crippen LogP contribution in [0.15, 0.2) is 24.3 Å². The minimum absolute atomic E-state index is 0.166. The number of aromatic nitrogens is 4. The molecule has 0 fully saturated rings. The Labute approximate surface area is 128 Å². The predicted molar refractivity (Wildman–Crippen MR) is 78.5 cm³/mol. The van der Waals surface area contributed by atoms with Crippen molar-refractivity contribution in [2.45, 2.75) is 20.1 Å². The third kappa shape index (κ3) is 4.26. The van der Waals surface area contributed by atoms with Gasteiger partial charge in [0.05, 0.1) is 6.61 Å². The van der Waals surface area contributed by atoms with Crippen molar-refractivity contribution in [2.75, 3.05) is 20.3 Å². The molecular weight excluding hydrogens is 286 g/mol. The largest absolute Gasteiger partial charge is 0.486 e. The van der Waals surface area contributed by atoms with Gasteiger partial charge in [-0.15, -0.1) is 5.10 Å². The molecule has 118 valence electrons. The van der Waals surface area contributed by atoms with E-state index in [0.29, 0.717) is 36.8 Å². The lowest BCUT2D eigenvalue weighted by molar-refractivity contribution is 0.0936. The summed E-state index contributed by atoms with van der Waals surface area (Å²) in [5, 5.41) is 14.1. The summed E-state index contributed by atoms with van der Waals surface area (Å²) in [6.07, 6.45) is 0. The molecular formula is C14H19N5O3. The minimum Gasteiger partial charge on any atom is -0.486 e. The van der Waals surface area contributed by atoms with Crippen LogP contribution in [0.25, 0.3) is 0 Å². The van der Waals surface area contributed by atoms with Crippen molar-refractivity contribution in [3.63, 3.8) is 0 Å². The van der Waals surface area contributed by atoms with Crippen LogP contribution >= 0.6 is 0 Å². The number of methoxy groups -OCH3 is 1. The van der Waals surface area contributed by atoms with E-state index >= 15 is 0 Å². The molecule has 0 radical (unpaired) electrons. The van der Waals surface area contributed by atoms with Crippen molar-refractivity contribution in [1.29, 1.82) is 0 Å². The SMILES string of the molecule is CCn1nnnc1COc1cccc(C(=O)NCCOC)c1. The number of ether oxygens (including phenoxy) is 2. The number of carbonyl (C=O) groups excluding carboxylic acids is 1. The number of carbonyl (C=O) groups is 1. The zero-order chi connectivity index (χ0) is 15.8. The summed E-state index contributed by atoms with van der Waals surface area (Å²) in [6, 6.07) is 6.96. The molecule has 0 spiro atoms. The highest BCUT2D eigenvalue weighted by atomic mass is 16.5. The number of amides is 1. The number of aryl methyl sites for hydroxylation is 1. The highest BCUT2D eigenvalue weighted by Gasteiger charge is 2.08. The van der Waals surface area contributed by atoms with Gasteiger partial charge in [0.2, 0.25) is 0 Å². The van der Waals surface area contributed by atoms with E-state index in [0.717, 1.165) is 0 Å². The molecule has 1 aromatic carbocycles. The number of rotatable bonds is 8. The van der Waals surface area contributed by atoms with Crippen molar-refractivity contribution < 1.29 is 14.3 Å². The maximum absolute atomic E-state index is 11.9. The van der Waals surface area contributed by atoms with Crippen LogP contribution in [0.3, 0.4) is 0 Å². The van der Waals surface area contributed by atoms with Crippen LogP contribution in [-0.4, -0.2) is 46.4 Å². The molecule has 0 aliphatic carbocycles. The van der Waals surface area contributed by atoms with Gasteiger partial charge < -0.3 is 14.8 Å². The summed E-state index contributed by atoms with van der Waals surface area (Å²) in [7, 11) is 1.59. The third-order valence-corrected chi connectivity index (χ3v) is 2.96. The molecule has 8 heteroatoms. The Balaban J connectivity index is 1.95. The molecule has 0 aliphatic rings. The maximum atomic E-state index is 11.9. The van der Waals surface area contributed by atoms with Crippen LogP contribution in [0, 0.1) is 0 Å². The Morgan fingerprint density at radius 1 is 1.41 bits per heavy atom. The first-order valence-corrected chi connectivity index (χ1v) is 6.99. The normalized spacial score (nSPS) is 10.5. The first-order valence-electron chi connectivity index (χ1n) is 6.99. The molecule has 1 N–H and O–H groups in total. The lowest BCUT2D eigenvalue weighted by Gasteiger charge is -2.08. The second kappa shape index (κ2) is 8.08. The first kappa shape index (κ1) is 15.9. The average Bonchev–Trinajstić information content (AvgIpc) is 3.01. The fourth-order valence-electron chi connectivity index (χ4n) is 1.82. The topological polar surface area (TPSA) is 91.2 Å². The molecule has 0 saturated heterocycles. The average molecular weight is 305 g/mol. The van der Waals surface area contributed by atoms with Crippen molar-refractivity contribution in [3.8, 4) is 5.75 Å². The fraction of sp³-hybridized carbons (Fsp3) is 0.429. The molecule has 22 heavy (non-hydrogen) atoms. The Kier molecular flexibility index (Phi) is 5.84. The van der Waals surface area contributed by atoms with Crippen molar-refractivity contribution in [1.82, 2.24) is 25.5 Å². The zero-order valence-corrected chi connectivity index (χ0v) is 12.7. The standard InChI is InChI=1S/C14H19N5O3/c1-3-19-13(16-17-18-19)10-22-12-6-4-5-11(9-12)14(20)15-7-8-21-2/h4-6,9H,3,7-8,10H2,1-2H3,(H,15,20). The van der Waals surface area contributed by atoms with Crippen LogP contribution < -0.4 is 10.1 Å². The van der Waals surface area contributed by atoms with Crippen LogP contribution in [0.5, 0.6) is 5.75 Å². The second-order valence-corrected chi connectivity index (χ2v) is 4.48. The van der Waals surface area contributed by atoms with Crippen LogP contribution in [-0.2, 0) is 17.9 Å². The monoisotopic (exact) mass is 305 g/mol. The molecule has 0 bridgehead atoms. The molecule has 0 unspecified atom stereocenters. The van der Waals surface area contributed by atoms with Crippen molar-refractivity contribution in [2.24, 2.45) is 0 Å². The molecule has 0 atom stereocenters. The van der Waals surface area contributed by atoms with Gasteiger partial charge in [-0.3, -0.25) is 4.79 Å². The Bertz CT molecular complexity index is 614. The molecule has 1 amide bonds. The Morgan fingerprint density at radius 2 is 2.27 bits per heavy atom. The molecule has 1 heterocycles. The van der Waals surface area contributed by atoms with Crippen molar-refractivity contribution >= 4 is 5.91 Å². The lowest BCUT2D eigenvalue weighted by atomic mass is 10.2. The van der Waals surface area contributed by atoms with Gasteiger partial charge in [0.25, 0.3) is 5.91 Å². The van der Waals surface area contributed by atoms with Gasteiger partial charge in [0.1, 0.15) is 12.4 Å². The molecule has 8 nitrogen and oxygen atoms in total. The van der Waals surface area contributed by atoms with E-state index in [-0.39, 0.29) is 12.5 Å². The summed E-state index contributed by atoms with van der Waals surface area (Å²) in [5.74, 6) is 1.06. The number of tetrazole rings is 1. The summed E-state index contributed by atoms with van der Waals surface area (Å²) in [6.45, 7) is 3.81. The van der Waals surface area contributed by atoms with Crippen LogP contribution in [0.1, 0.15) is 23.1 Å². The van der Waals surface area contributed by atoms with Gasteiger partial charge in [-0.05, 0) is 35.5 Å². The van der Waals surface area contributed by atoms with Crippen LogP contribution in [0.4, 0.5) is 0 Å². The van der Waals surface area contributed by atoms with Gasteiger partial charge in [0, 0.05) is 25.8 Å². The summed E-state index contributed by atoms with van der Waals surface area (Å²) >= 11 is 0. The molecule has 0 saturated carbocycles. The van der Waals surface area contributed by atoms with E-state index < -0.39 is 0 Å². The number of nitrogens with zero attached hydrogens (tertiary/aromatic N) is 4. The fourth-order valence-corrected chi connectivity index (χ4v) is 1.82. The van der Waals surface area contributed by atoms with E-state index in [4.69, 9.17) is 9.47 Å². The van der Waals surface area contributed by atoms with Gasteiger partial charge in [-0.25, -0.2) is 4.68 Å². The summed E-state index contributed by atoms with van der Waals surface area (Å²) in [4.78, 5) is 11.9. The third-order valence-electron chi connectivity index (χ3n) is 2.96. The highest BCUT2D eigenvalue weighted by molar-refractivity contribution is 5.94. The van der Waals surface area contributed by atoms with Crippen LogP contribution in [0.2, 0.25) is 0 Å². The van der Waals surface area contributed by atoms with Crippen molar-refractivity contribution in [3.05, 3.63) is 35.7 Å². The first-order chi connectivity index (χ1) is 10.7.